The summed E-state index contributed by atoms with van der Waals surface area (Å²) < 4.78 is 1.58. The zero-order chi connectivity index (χ0) is 13.0. The standard InChI is InChI=1S/C13H12N4O/c1-10(17-8-2-7-15-17)13(18)16-12-5-3-11(9-14)4-6-12/h2-8,10H,1H3,(H,16,18). The summed E-state index contributed by atoms with van der Waals surface area (Å²) >= 11 is 0. The highest BCUT2D eigenvalue weighted by atomic mass is 16.2. The first-order valence-corrected chi connectivity index (χ1v) is 5.51. The van der Waals surface area contributed by atoms with E-state index in [1.807, 2.05) is 6.07 Å². The van der Waals surface area contributed by atoms with E-state index in [1.165, 1.54) is 0 Å². The van der Waals surface area contributed by atoms with E-state index in [-0.39, 0.29) is 11.9 Å². The molecule has 0 saturated heterocycles. The molecule has 2 aromatic rings. The molecule has 1 aromatic carbocycles. The Bertz CT molecular complexity index is 566. The number of hydrogen-bond acceptors (Lipinski definition) is 3. The molecule has 90 valence electrons. The number of nitrogens with zero attached hydrogens (tertiary/aromatic N) is 3. The van der Waals surface area contributed by atoms with Crippen LogP contribution in [0.25, 0.3) is 0 Å². The van der Waals surface area contributed by atoms with Crippen LogP contribution in [-0.4, -0.2) is 15.7 Å². The molecule has 0 saturated carbocycles. The van der Waals surface area contributed by atoms with Gasteiger partial charge in [-0.25, -0.2) is 0 Å². The highest BCUT2D eigenvalue weighted by Crippen LogP contribution is 2.12. The molecule has 1 N–H and O–H groups in total. The summed E-state index contributed by atoms with van der Waals surface area (Å²) in [5.74, 6) is -0.150. The van der Waals surface area contributed by atoms with Gasteiger partial charge in [-0.05, 0) is 37.3 Å². The fourth-order valence-corrected chi connectivity index (χ4v) is 1.50. The fraction of sp³-hybridized carbons (Fsp3) is 0.154. The second-order valence-corrected chi connectivity index (χ2v) is 3.84. The second-order valence-electron chi connectivity index (χ2n) is 3.84. The summed E-state index contributed by atoms with van der Waals surface area (Å²) in [5, 5.41) is 15.5. The van der Waals surface area contributed by atoms with Gasteiger partial charge in [0, 0.05) is 18.1 Å². The van der Waals surface area contributed by atoms with Crippen LogP contribution in [0.2, 0.25) is 0 Å². The Kier molecular flexibility index (Phi) is 3.39. The Hall–Kier alpha value is -2.61. The molecule has 0 aliphatic rings. The monoisotopic (exact) mass is 240 g/mol. The average molecular weight is 240 g/mol. The van der Waals surface area contributed by atoms with Gasteiger partial charge in [0.1, 0.15) is 6.04 Å². The van der Waals surface area contributed by atoms with Gasteiger partial charge < -0.3 is 5.32 Å². The molecule has 18 heavy (non-hydrogen) atoms. The number of rotatable bonds is 3. The van der Waals surface area contributed by atoms with Crippen molar-refractivity contribution in [2.45, 2.75) is 13.0 Å². The number of anilines is 1. The minimum atomic E-state index is -0.379. The maximum atomic E-state index is 11.9. The third-order valence-corrected chi connectivity index (χ3v) is 2.58. The predicted molar refractivity (Wildman–Crippen MR) is 66.7 cm³/mol. The minimum Gasteiger partial charge on any atom is -0.324 e. The van der Waals surface area contributed by atoms with Gasteiger partial charge in [0.05, 0.1) is 11.6 Å². The van der Waals surface area contributed by atoms with E-state index < -0.39 is 0 Å². The van der Waals surface area contributed by atoms with Crippen molar-refractivity contribution in [2.75, 3.05) is 5.32 Å². The number of carbonyl (C=O) groups excluding carboxylic acids is 1. The van der Waals surface area contributed by atoms with Crippen molar-refractivity contribution in [1.29, 1.82) is 5.26 Å². The van der Waals surface area contributed by atoms with Crippen LogP contribution < -0.4 is 5.32 Å². The highest BCUT2D eigenvalue weighted by Gasteiger charge is 2.14. The molecule has 2 rings (SSSR count). The van der Waals surface area contributed by atoms with Crippen molar-refractivity contribution < 1.29 is 4.79 Å². The first-order chi connectivity index (χ1) is 8.70. The Morgan fingerprint density at radius 2 is 2.17 bits per heavy atom. The molecule has 1 heterocycles. The van der Waals surface area contributed by atoms with Gasteiger partial charge in [-0.1, -0.05) is 0 Å². The first-order valence-electron chi connectivity index (χ1n) is 5.51. The van der Waals surface area contributed by atoms with Crippen molar-refractivity contribution >= 4 is 11.6 Å². The number of nitrogens with one attached hydrogen (secondary N) is 1. The first kappa shape index (κ1) is 11.9. The van der Waals surface area contributed by atoms with Crippen LogP contribution in [0.3, 0.4) is 0 Å². The summed E-state index contributed by atoms with van der Waals surface area (Å²) in [6.45, 7) is 1.77. The number of amides is 1. The number of hydrogen-bond donors (Lipinski definition) is 1. The molecular formula is C13H12N4O. The molecule has 0 aliphatic carbocycles. The van der Waals surface area contributed by atoms with E-state index in [0.29, 0.717) is 11.3 Å². The molecule has 0 aliphatic heterocycles. The summed E-state index contributed by atoms with van der Waals surface area (Å²) in [7, 11) is 0. The number of benzene rings is 1. The lowest BCUT2D eigenvalue weighted by Crippen LogP contribution is -2.23. The van der Waals surface area contributed by atoms with Crippen molar-refractivity contribution in [2.24, 2.45) is 0 Å². The maximum Gasteiger partial charge on any atom is 0.248 e. The molecular weight excluding hydrogens is 228 g/mol. The summed E-state index contributed by atoms with van der Waals surface area (Å²) in [6, 6.07) is 10.1. The molecule has 1 atom stereocenters. The van der Waals surface area contributed by atoms with Crippen molar-refractivity contribution in [3.8, 4) is 6.07 Å². The van der Waals surface area contributed by atoms with Gasteiger partial charge in [-0.3, -0.25) is 9.48 Å². The van der Waals surface area contributed by atoms with Gasteiger partial charge in [0.15, 0.2) is 0 Å². The summed E-state index contributed by atoms with van der Waals surface area (Å²) in [4.78, 5) is 11.9. The Morgan fingerprint density at radius 3 is 2.72 bits per heavy atom. The average Bonchev–Trinajstić information content (AvgIpc) is 2.92. The van der Waals surface area contributed by atoms with Crippen LogP contribution in [0, 0.1) is 11.3 Å². The zero-order valence-corrected chi connectivity index (χ0v) is 9.87. The SMILES string of the molecule is CC(C(=O)Nc1ccc(C#N)cc1)n1cccn1. The van der Waals surface area contributed by atoms with Crippen LogP contribution in [0.5, 0.6) is 0 Å². The largest absolute Gasteiger partial charge is 0.324 e. The van der Waals surface area contributed by atoms with Crippen LogP contribution >= 0.6 is 0 Å². The van der Waals surface area contributed by atoms with Gasteiger partial charge in [-0.15, -0.1) is 0 Å². The molecule has 0 spiro atoms. The topological polar surface area (TPSA) is 70.7 Å². The molecule has 1 unspecified atom stereocenters. The normalized spacial score (nSPS) is 11.6. The van der Waals surface area contributed by atoms with E-state index in [4.69, 9.17) is 5.26 Å². The number of carbonyl (C=O) groups is 1. The molecule has 1 amide bonds. The van der Waals surface area contributed by atoms with Crippen LogP contribution in [-0.2, 0) is 4.79 Å². The second kappa shape index (κ2) is 5.15. The third-order valence-electron chi connectivity index (χ3n) is 2.58. The molecule has 5 nitrogen and oxygen atoms in total. The molecule has 0 fully saturated rings. The molecule has 1 aromatic heterocycles. The lowest BCUT2D eigenvalue weighted by molar-refractivity contribution is -0.119. The van der Waals surface area contributed by atoms with Crippen molar-refractivity contribution in [3.63, 3.8) is 0 Å². The molecule has 0 radical (unpaired) electrons. The number of nitriles is 1. The molecule has 0 bridgehead atoms. The van der Waals surface area contributed by atoms with E-state index in [1.54, 1.807) is 54.3 Å². The van der Waals surface area contributed by atoms with E-state index >= 15 is 0 Å². The van der Waals surface area contributed by atoms with Gasteiger partial charge >= 0.3 is 0 Å². The Balaban J connectivity index is 2.05. The number of aromatic nitrogens is 2. The Morgan fingerprint density at radius 1 is 1.44 bits per heavy atom. The van der Waals surface area contributed by atoms with Crippen LogP contribution in [0.15, 0.2) is 42.7 Å². The predicted octanol–water partition coefficient (Wildman–Crippen LogP) is 1.95. The highest BCUT2D eigenvalue weighted by molar-refractivity contribution is 5.93. The van der Waals surface area contributed by atoms with E-state index in [2.05, 4.69) is 10.4 Å². The van der Waals surface area contributed by atoms with E-state index in [0.717, 1.165) is 0 Å². The zero-order valence-electron chi connectivity index (χ0n) is 9.87. The van der Waals surface area contributed by atoms with Gasteiger partial charge in [0.25, 0.3) is 0 Å². The van der Waals surface area contributed by atoms with Gasteiger partial charge in [0.2, 0.25) is 5.91 Å². The lowest BCUT2D eigenvalue weighted by Gasteiger charge is -2.12. The van der Waals surface area contributed by atoms with Crippen molar-refractivity contribution in [1.82, 2.24) is 9.78 Å². The Labute approximate surface area is 105 Å². The summed E-state index contributed by atoms with van der Waals surface area (Å²) in [6.07, 6.45) is 3.37. The van der Waals surface area contributed by atoms with Crippen molar-refractivity contribution in [3.05, 3.63) is 48.3 Å². The van der Waals surface area contributed by atoms with Crippen LogP contribution in [0.1, 0.15) is 18.5 Å². The minimum absolute atomic E-state index is 0.150. The van der Waals surface area contributed by atoms with Gasteiger partial charge in [-0.2, -0.15) is 10.4 Å². The maximum absolute atomic E-state index is 11.9. The van der Waals surface area contributed by atoms with Crippen LogP contribution in [0.4, 0.5) is 5.69 Å². The summed E-state index contributed by atoms with van der Waals surface area (Å²) in [5.41, 5.74) is 1.23. The lowest BCUT2D eigenvalue weighted by atomic mass is 10.2. The quantitative estimate of drug-likeness (QED) is 0.891. The molecule has 5 heteroatoms. The van der Waals surface area contributed by atoms with E-state index in [9.17, 15) is 4.79 Å². The fourth-order valence-electron chi connectivity index (χ4n) is 1.50. The third kappa shape index (κ3) is 2.55. The smallest absolute Gasteiger partial charge is 0.248 e.